The third kappa shape index (κ3) is 6.19. The molecule has 0 saturated heterocycles. The summed E-state index contributed by atoms with van der Waals surface area (Å²) in [6.07, 6.45) is 1.63. The number of aryl methyl sites for hydroxylation is 1. The smallest absolute Gasteiger partial charge is 0.250 e. The Morgan fingerprint density at radius 2 is 1.53 bits per heavy atom. The molecule has 5 rings (SSSR count). The van der Waals surface area contributed by atoms with E-state index < -0.39 is 0 Å². The molecule has 0 aliphatic carbocycles. The van der Waals surface area contributed by atoms with Crippen molar-refractivity contribution in [1.82, 2.24) is 20.2 Å². The second kappa shape index (κ2) is 11.9. The number of rotatable bonds is 8. The maximum atomic E-state index is 12.5. The van der Waals surface area contributed by atoms with Crippen molar-refractivity contribution in [3.05, 3.63) is 119 Å². The first kappa shape index (κ1) is 25.4. The minimum Gasteiger partial charge on any atom is -0.272 e. The second-order valence-electron chi connectivity index (χ2n) is 8.55. The Labute approximate surface area is 230 Å². The van der Waals surface area contributed by atoms with Gasteiger partial charge in [0.2, 0.25) is 0 Å². The summed E-state index contributed by atoms with van der Waals surface area (Å²) < 4.78 is 1.93. The molecule has 0 fully saturated rings. The van der Waals surface area contributed by atoms with Crippen LogP contribution in [0.15, 0.2) is 113 Å². The second-order valence-corrected chi connectivity index (χ2v) is 9.93. The lowest BCUT2D eigenvalue weighted by Gasteiger charge is -2.10. The average Bonchev–Trinajstić information content (AvgIpc) is 3.37. The van der Waals surface area contributed by atoms with Gasteiger partial charge in [0.25, 0.3) is 5.91 Å². The molecule has 38 heavy (non-hydrogen) atoms. The summed E-state index contributed by atoms with van der Waals surface area (Å²) in [6.45, 7) is 2.04. The summed E-state index contributed by atoms with van der Waals surface area (Å²) in [5.74, 6) is 0.575. The lowest BCUT2D eigenvalue weighted by Crippen LogP contribution is -2.20. The topological polar surface area (TPSA) is 72.2 Å². The minimum atomic E-state index is -0.241. The van der Waals surface area contributed by atoms with E-state index in [1.165, 1.54) is 11.8 Å². The van der Waals surface area contributed by atoms with Gasteiger partial charge in [0.05, 0.1) is 12.0 Å². The van der Waals surface area contributed by atoms with Crippen molar-refractivity contribution in [2.75, 3.05) is 5.75 Å². The van der Waals surface area contributed by atoms with Crippen LogP contribution in [0.5, 0.6) is 0 Å². The van der Waals surface area contributed by atoms with Gasteiger partial charge in [0, 0.05) is 16.3 Å². The van der Waals surface area contributed by atoms with Gasteiger partial charge >= 0.3 is 0 Å². The Balaban J connectivity index is 1.25. The number of amides is 1. The maximum Gasteiger partial charge on any atom is 0.250 e. The highest BCUT2D eigenvalue weighted by molar-refractivity contribution is 7.99. The van der Waals surface area contributed by atoms with Crippen LogP contribution in [0, 0.1) is 6.92 Å². The number of hydrazone groups is 1. The van der Waals surface area contributed by atoms with Gasteiger partial charge in [0.15, 0.2) is 11.0 Å². The highest BCUT2D eigenvalue weighted by Gasteiger charge is 2.17. The summed E-state index contributed by atoms with van der Waals surface area (Å²) >= 11 is 7.40. The van der Waals surface area contributed by atoms with E-state index in [-0.39, 0.29) is 11.7 Å². The van der Waals surface area contributed by atoms with Gasteiger partial charge in [-0.2, -0.15) is 5.10 Å². The van der Waals surface area contributed by atoms with Crippen LogP contribution in [-0.2, 0) is 4.79 Å². The Hall–Kier alpha value is -4.20. The molecule has 4 aromatic carbocycles. The van der Waals surface area contributed by atoms with Gasteiger partial charge in [-0.25, -0.2) is 5.43 Å². The first-order valence-corrected chi connectivity index (χ1v) is 13.3. The summed E-state index contributed by atoms with van der Waals surface area (Å²) in [5.41, 5.74) is 8.70. The van der Waals surface area contributed by atoms with Crippen molar-refractivity contribution in [3.8, 4) is 28.2 Å². The lowest BCUT2D eigenvalue weighted by atomic mass is 10.0. The van der Waals surface area contributed by atoms with E-state index in [2.05, 4.69) is 32.9 Å². The summed E-state index contributed by atoms with van der Waals surface area (Å²) in [5, 5.41) is 14.1. The number of carbonyl (C=O) groups is 1. The van der Waals surface area contributed by atoms with Crippen molar-refractivity contribution >= 4 is 35.5 Å². The standard InChI is InChI=1S/C30H24ClN5OS/c1-21-7-11-25(12-8-21)29-34-35-30(36(29)27-17-15-26(31)16-18-27)38-20-28(37)33-32-19-22-9-13-24(14-10-22)23-5-3-2-4-6-23/h2-19H,20H2,1H3,(H,33,37)/b32-19-. The van der Waals surface area contributed by atoms with Gasteiger partial charge < -0.3 is 0 Å². The van der Waals surface area contributed by atoms with E-state index in [0.717, 1.165) is 33.5 Å². The Morgan fingerprint density at radius 1 is 0.868 bits per heavy atom. The quantitative estimate of drug-likeness (QED) is 0.134. The lowest BCUT2D eigenvalue weighted by molar-refractivity contribution is -0.118. The highest BCUT2D eigenvalue weighted by Crippen LogP contribution is 2.29. The fraction of sp³-hybridized carbons (Fsp3) is 0.0667. The van der Waals surface area contributed by atoms with E-state index >= 15 is 0 Å². The van der Waals surface area contributed by atoms with Crippen molar-refractivity contribution in [3.63, 3.8) is 0 Å². The molecule has 6 nitrogen and oxygen atoms in total. The maximum absolute atomic E-state index is 12.5. The minimum absolute atomic E-state index is 0.129. The molecule has 0 saturated carbocycles. The van der Waals surface area contributed by atoms with Crippen LogP contribution < -0.4 is 5.43 Å². The Bertz CT molecular complexity index is 1550. The molecular formula is C30H24ClN5OS. The van der Waals surface area contributed by atoms with Crippen LogP contribution >= 0.6 is 23.4 Å². The third-order valence-corrected chi connectivity index (χ3v) is 6.96. The molecule has 0 aliphatic rings. The van der Waals surface area contributed by atoms with Gasteiger partial charge in [-0.1, -0.05) is 108 Å². The number of carbonyl (C=O) groups excluding carboxylic acids is 1. The van der Waals surface area contributed by atoms with Crippen molar-refractivity contribution in [2.45, 2.75) is 12.1 Å². The number of halogens is 1. The number of hydrogen-bond acceptors (Lipinski definition) is 5. The molecule has 0 radical (unpaired) electrons. The summed E-state index contributed by atoms with van der Waals surface area (Å²) in [4.78, 5) is 12.5. The number of nitrogens with zero attached hydrogens (tertiary/aromatic N) is 4. The monoisotopic (exact) mass is 537 g/mol. The van der Waals surface area contributed by atoms with Gasteiger partial charge in [-0.15, -0.1) is 10.2 Å². The first-order valence-electron chi connectivity index (χ1n) is 12.0. The molecule has 1 heterocycles. The zero-order valence-corrected chi connectivity index (χ0v) is 22.2. The van der Waals surface area contributed by atoms with Crippen molar-refractivity contribution in [2.24, 2.45) is 5.10 Å². The van der Waals surface area contributed by atoms with E-state index in [4.69, 9.17) is 11.6 Å². The first-order chi connectivity index (χ1) is 18.6. The SMILES string of the molecule is Cc1ccc(-c2nnc(SCC(=O)N/N=C\c3ccc(-c4ccccc4)cc3)n2-c2ccc(Cl)cc2)cc1. The predicted octanol–water partition coefficient (Wildman–Crippen LogP) is 6.81. The van der Waals surface area contributed by atoms with Crippen molar-refractivity contribution < 1.29 is 4.79 Å². The van der Waals surface area contributed by atoms with Gasteiger partial charge in [-0.05, 0) is 47.9 Å². The van der Waals surface area contributed by atoms with E-state index in [1.54, 1.807) is 6.21 Å². The van der Waals surface area contributed by atoms with Gasteiger partial charge in [0.1, 0.15) is 0 Å². The molecule has 1 amide bonds. The van der Waals surface area contributed by atoms with Crippen LogP contribution in [0.2, 0.25) is 5.02 Å². The fourth-order valence-corrected chi connectivity index (χ4v) is 4.68. The summed E-state index contributed by atoms with van der Waals surface area (Å²) in [6, 6.07) is 33.7. The number of aromatic nitrogens is 3. The molecule has 0 spiro atoms. The molecule has 1 aromatic heterocycles. The number of thioether (sulfide) groups is 1. The normalized spacial score (nSPS) is 11.1. The molecule has 188 valence electrons. The number of benzene rings is 4. The zero-order valence-electron chi connectivity index (χ0n) is 20.6. The Morgan fingerprint density at radius 3 is 2.24 bits per heavy atom. The molecule has 0 bridgehead atoms. The average molecular weight is 538 g/mol. The van der Waals surface area contributed by atoms with E-state index in [0.29, 0.717) is 16.0 Å². The van der Waals surface area contributed by atoms with Crippen LogP contribution in [0.25, 0.3) is 28.2 Å². The van der Waals surface area contributed by atoms with Crippen LogP contribution in [-0.4, -0.2) is 32.6 Å². The molecule has 5 aromatic rings. The third-order valence-electron chi connectivity index (χ3n) is 5.78. The molecule has 1 N–H and O–H groups in total. The van der Waals surface area contributed by atoms with E-state index in [9.17, 15) is 4.79 Å². The van der Waals surface area contributed by atoms with Crippen LogP contribution in [0.1, 0.15) is 11.1 Å². The molecule has 8 heteroatoms. The highest BCUT2D eigenvalue weighted by atomic mass is 35.5. The molecule has 0 atom stereocenters. The predicted molar refractivity (Wildman–Crippen MR) is 155 cm³/mol. The summed E-state index contributed by atoms with van der Waals surface area (Å²) in [7, 11) is 0. The number of nitrogens with one attached hydrogen (secondary N) is 1. The molecule has 0 aliphatic heterocycles. The van der Waals surface area contributed by atoms with Crippen LogP contribution in [0.3, 0.4) is 0 Å². The largest absolute Gasteiger partial charge is 0.272 e. The van der Waals surface area contributed by atoms with Crippen LogP contribution in [0.4, 0.5) is 0 Å². The Kier molecular flexibility index (Phi) is 7.97. The van der Waals surface area contributed by atoms with Crippen molar-refractivity contribution in [1.29, 1.82) is 0 Å². The zero-order chi connectivity index (χ0) is 26.3. The number of hydrogen-bond donors (Lipinski definition) is 1. The fourth-order valence-electron chi connectivity index (χ4n) is 3.81. The van der Waals surface area contributed by atoms with Gasteiger partial charge in [-0.3, -0.25) is 9.36 Å². The molecule has 0 unspecified atom stereocenters. The molecular weight excluding hydrogens is 514 g/mol. The van der Waals surface area contributed by atoms with E-state index in [1.807, 2.05) is 102 Å².